The zero-order valence-electron chi connectivity index (χ0n) is 15.0. The molecular weight excluding hydrogens is 386 g/mol. The lowest BCUT2D eigenvalue weighted by molar-refractivity contribution is 0.602. The summed E-state index contributed by atoms with van der Waals surface area (Å²) in [4.78, 5) is 12.9. The number of rotatable bonds is 5. The fraction of sp³-hybridized carbons (Fsp3) is 0.375. The van der Waals surface area contributed by atoms with Crippen LogP contribution in [0.5, 0.6) is 0 Å². The number of benzene rings is 1. The molecule has 11 heteroatoms. The van der Waals surface area contributed by atoms with Gasteiger partial charge >= 0.3 is 0 Å². The van der Waals surface area contributed by atoms with Crippen molar-refractivity contribution in [2.24, 2.45) is 0 Å². The van der Waals surface area contributed by atoms with Gasteiger partial charge in [0, 0.05) is 27.2 Å². The molecule has 1 N–H and O–H groups in total. The molecule has 9 nitrogen and oxygen atoms in total. The van der Waals surface area contributed by atoms with Crippen LogP contribution in [0.3, 0.4) is 0 Å². The second-order valence-electron chi connectivity index (χ2n) is 6.49. The maximum Gasteiger partial charge on any atom is 0.264 e. The van der Waals surface area contributed by atoms with Crippen LogP contribution in [0.2, 0.25) is 0 Å². The van der Waals surface area contributed by atoms with E-state index in [0.29, 0.717) is 28.5 Å². The quantitative estimate of drug-likeness (QED) is 0.687. The normalized spacial score (nSPS) is 14.7. The topological polar surface area (TPSA) is 104 Å². The van der Waals surface area contributed by atoms with Crippen LogP contribution in [-0.4, -0.2) is 54.3 Å². The highest BCUT2D eigenvalue weighted by Gasteiger charge is 2.23. The highest BCUT2D eigenvalue weighted by atomic mass is 32.2. The third kappa shape index (κ3) is 3.39. The van der Waals surface area contributed by atoms with Gasteiger partial charge in [-0.15, -0.1) is 0 Å². The summed E-state index contributed by atoms with van der Waals surface area (Å²) in [7, 11) is -0.227. The predicted octanol–water partition coefficient (Wildman–Crippen LogP) is 1.95. The largest absolute Gasteiger partial charge is 0.361 e. The Labute approximate surface area is 161 Å². The molecule has 2 aromatic heterocycles. The van der Waals surface area contributed by atoms with E-state index in [9.17, 15) is 8.42 Å². The highest BCUT2D eigenvalue weighted by molar-refractivity contribution is 7.93. The molecule has 0 bridgehead atoms. The van der Waals surface area contributed by atoms with Crippen molar-refractivity contribution in [3.8, 4) is 0 Å². The number of nitrogens with zero attached hydrogens (tertiary/aromatic N) is 6. The lowest BCUT2D eigenvalue weighted by Crippen LogP contribution is -2.24. The summed E-state index contributed by atoms with van der Waals surface area (Å²) in [5, 5.41) is 0. The molecule has 0 atom stereocenters. The smallest absolute Gasteiger partial charge is 0.264 e. The van der Waals surface area contributed by atoms with E-state index in [1.807, 2.05) is 14.1 Å². The van der Waals surface area contributed by atoms with Crippen molar-refractivity contribution < 1.29 is 8.42 Å². The van der Waals surface area contributed by atoms with Crippen molar-refractivity contribution >= 4 is 50.2 Å². The van der Waals surface area contributed by atoms with Crippen molar-refractivity contribution in [2.45, 2.75) is 17.7 Å². The van der Waals surface area contributed by atoms with E-state index >= 15 is 0 Å². The number of nitrogens with one attached hydrogen (secondary N) is 1. The molecule has 0 radical (unpaired) electrons. The van der Waals surface area contributed by atoms with E-state index in [-0.39, 0.29) is 4.90 Å². The summed E-state index contributed by atoms with van der Waals surface area (Å²) < 4.78 is 36.8. The Kier molecular flexibility index (Phi) is 4.56. The zero-order valence-corrected chi connectivity index (χ0v) is 16.6. The van der Waals surface area contributed by atoms with E-state index in [4.69, 9.17) is 0 Å². The first-order chi connectivity index (χ1) is 13.0. The van der Waals surface area contributed by atoms with E-state index < -0.39 is 10.0 Å². The van der Waals surface area contributed by atoms with Gasteiger partial charge in [0.1, 0.15) is 21.6 Å². The van der Waals surface area contributed by atoms with E-state index in [1.54, 1.807) is 17.0 Å². The Morgan fingerprint density at radius 2 is 1.96 bits per heavy atom. The molecule has 0 saturated carbocycles. The maximum absolute atomic E-state index is 13.0. The van der Waals surface area contributed by atoms with Gasteiger partial charge in [0.25, 0.3) is 10.0 Å². The average molecular weight is 406 g/mol. The molecular formula is C16H19N7O2S2. The van der Waals surface area contributed by atoms with Crippen LogP contribution in [-0.2, 0) is 10.0 Å². The van der Waals surface area contributed by atoms with Gasteiger partial charge in [-0.25, -0.2) is 13.4 Å². The van der Waals surface area contributed by atoms with Gasteiger partial charge in [0.05, 0.1) is 17.9 Å². The van der Waals surface area contributed by atoms with Gasteiger partial charge in [0.2, 0.25) is 5.95 Å². The highest BCUT2D eigenvalue weighted by Crippen LogP contribution is 2.29. The number of hydrogen-bond acceptors (Lipinski definition) is 9. The minimum Gasteiger partial charge on any atom is -0.361 e. The second-order valence-corrected chi connectivity index (χ2v) is 8.67. The molecule has 0 unspecified atom stereocenters. The minimum atomic E-state index is -3.86. The number of sulfonamides is 1. The summed E-state index contributed by atoms with van der Waals surface area (Å²) in [6, 6.07) is 4.90. The fourth-order valence-electron chi connectivity index (χ4n) is 3.04. The predicted molar refractivity (Wildman–Crippen MR) is 106 cm³/mol. The monoisotopic (exact) mass is 405 g/mol. The molecule has 1 aliphatic rings. The number of hydrogen-bond donors (Lipinski definition) is 1. The standard InChI is InChI=1S/C16H19N7O2S2/c1-22(2)15-12(10-17-16(18-15)23-8-3-4-9-23)21-27(24,25)13-7-5-6-11-14(13)20-26-19-11/h5-7,10,21H,3-4,8-9H2,1-2H3. The number of fused-ring (bicyclic) bond motifs is 1. The maximum atomic E-state index is 13.0. The molecule has 1 saturated heterocycles. The van der Waals surface area contributed by atoms with Crippen molar-refractivity contribution in [1.82, 2.24) is 18.7 Å². The van der Waals surface area contributed by atoms with Crippen LogP contribution >= 0.6 is 11.7 Å². The Balaban J connectivity index is 1.71. The van der Waals surface area contributed by atoms with Crippen molar-refractivity contribution in [1.29, 1.82) is 0 Å². The SMILES string of the molecule is CN(C)c1nc(N2CCCC2)ncc1NS(=O)(=O)c1cccc2nsnc12. The van der Waals surface area contributed by atoms with Gasteiger partial charge in [-0.3, -0.25) is 4.72 Å². The molecule has 3 aromatic rings. The Morgan fingerprint density at radius 1 is 1.19 bits per heavy atom. The van der Waals surface area contributed by atoms with Gasteiger partial charge in [-0.1, -0.05) is 6.07 Å². The van der Waals surface area contributed by atoms with E-state index in [0.717, 1.165) is 37.7 Å². The number of aromatic nitrogens is 4. The summed E-state index contributed by atoms with van der Waals surface area (Å²) >= 11 is 0.983. The Morgan fingerprint density at radius 3 is 2.70 bits per heavy atom. The molecule has 4 rings (SSSR count). The Hall–Kier alpha value is -2.53. The molecule has 3 heterocycles. The lowest BCUT2D eigenvalue weighted by Gasteiger charge is -2.21. The molecule has 0 amide bonds. The van der Waals surface area contributed by atoms with Crippen molar-refractivity contribution in [2.75, 3.05) is 41.7 Å². The van der Waals surface area contributed by atoms with Crippen molar-refractivity contribution in [3.63, 3.8) is 0 Å². The molecule has 1 aliphatic heterocycles. The summed E-state index contributed by atoms with van der Waals surface area (Å²) in [6.07, 6.45) is 3.74. The van der Waals surface area contributed by atoms with E-state index in [1.165, 1.54) is 12.3 Å². The van der Waals surface area contributed by atoms with Crippen molar-refractivity contribution in [3.05, 3.63) is 24.4 Å². The van der Waals surface area contributed by atoms with E-state index in [2.05, 4.69) is 28.3 Å². The lowest BCUT2D eigenvalue weighted by atomic mass is 10.3. The summed E-state index contributed by atoms with van der Waals surface area (Å²) in [5.41, 5.74) is 1.23. The first kappa shape index (κ1) is 17.9. The molecule has 142 valence electrons. The summed E-state index contributed by atoms with van der Waals surface area (Å²) in [5.74, 6) is 1.13. The molecule has 0 aliphatic carbocycles. The van der Waals surface area contributed by atoms with Crippen LogP contribution in [0.4, 0.5) is 17.5 Å². The van der Waals surface area contributed by atoms with Gasteiger partial charge < -0.3 is 9.80 Å². The van der Waals surface area contributed by atoms with Crippen LogP contribution in [0.25, 0.3) is 11.0 Å². The third-order valence-electron chi connectivity index (χ3n) is 4.35. The fourth-order valence-corrected chi connectivity index (χ4v) is 4.86. The van der Waals surface area contributed by atoms with Crippen LogP contribution in [0.15, 0.2) is 29.3 Å². The molecule has 27 heavy (non-hydrogen) atoms. The Bertz CT molecular complexity index is 1080. The minimum absolute atomic E-state index is 0.0853. The van der Waals surface area contributed by atoms with Gasteiger partial charge in [-0.05, 0) is 25.0 Å². The third-order valence-corrected chi connectivity index (χ3v) is 6.29. The molecule has 0 spiro atoms. The van der Waals surface area contributed by atoms with Gasteiger partial charge in [-0.2, -0.15) is 13.7 Å². The van der Waals surface area contributed by atoms with Crippen LogP contribution in [0.1, 0.15) is 12.8 Å². The van der Waals surface area contributed by atoms with Crippen LogP contribution in [0, 0.1) is 0 Å². The second kappa shape index (κ2) is 6.89. The molecule has 1 aromatic carbocycles. The molecule has 1 fully saturated rings. The number of anilines is 3. The van der Waals surface area contributed by atoms with Crippen LogP contribution < -0.4 is 14.5 Å². The average Bonchev–Trinajstić information content (AvgIpc) is 3.32. The summed E-state index contributed by atoms with van der Waals surface area (Å²) in [6.45, 7) is 1.83. The van der Waals surface area contributed by atoms with Gasteiger partial charge in [0.15, 0.2) is 5.82 Å². The first-order valence-corrected chi connectivity index (χ1v) is 10.7. The first-order valence-electron chi connectivity index (χ1n) is 8.49. The zero-order chi connectivity index (χ0) is 19.0.